The van der Waals surface area contributed by atoms with Gasteiger partial charge in [-0.25, -0.2) is 4.98 Å². The van der Waals surface area contributed by atoms with Crippen LogP contribution in [0.4, 0.5) is 0 Å². The fourth-order valence-electron chi connectivity index (χ4n) is 0.665. The van der Waals surface area contributed by atoms with Gasteiger partial charge in [0, 0.05) is 18.9 Å². The predicted octanol–water partition coefficient (Wildman–Crippen LogP) is -0.0561. The highest BCUT2D eigenvalue weighted by Crippen LogP contribution is 2.07. The van der Waals surface area contributed by atoms with Gasteiger partial charge < -0.3 is 10.5 Å². The Hall–Kier alpha value is -1.16. The average molecular weight is 139 g/mol. The van der Waals surface area contributed by atoms with Crippen molar-refractivity contribution in [1.29, 1.82) is 0 Å². The summed E-state index contributed by atoms with van der Waals surface area (Å²) in [4.78, 5) is 7.86. The maximum atomic E-state index is 5.34. The first-order valence-electron chi connectivity index (χ1n) is 2.92. The molecule has 0 aromatic carbocycles. The highest BCUT2D eigenvalue weighted by atomic mass is 16.5. The first-order chi connectivity index (χ1) is 4.88. The van der Waals surface area contributed by atoms with Gasteiger partial charge in [-0.05, 0) is 0 Å². The van der Waals surface area contributed by atoms with Crippen LogP contribution in [-0.4, -0.2) is 17.1 Å². The number of methoxy groups -OCH3 is 1. The summed E-state index contributed by atoms with van der Waals surface area (Å²) >= 11 is 0. The zero-order chi connectivity index (χ0) is 7.40. The van der Waals surface area contributed by atoms with Crippen molar-refractivity contribution < 1.29 is 4.74 Å². The van der Waals surface area contributed by atoms with Crippen molar-refractivity contribution in [3.05, 3.63) is 18.1 Å². The third-order valence-corrected chi connectivity index (χ3v) is 1.12. The molecule has 1 rings (SSSR count). The second-order valence-corrected chi connectivity index (χ2v) is 1.72. The van der Waals surface area contributed by atoms with Crippen molar-refractivity contribution in [3.63, 3.8) is 0 Å². The van der Waals surface area contributed by atoms with Crippen LogP contribution < -0.4 is 10.5 Å². The van der Waals surface area contributed by atoms with Gasteiger partial charge in [-0.1, -0.05) is 0 Å². The van der Waals surface area contributed by atoms with Crippen molar-refractivity contribution in [3.8, 4) is 5.88 Å². The minimum atomic E-state index is 0.358. The maximum Gasteiger partial charge on any atom is 0.236 e. The molecule has 0 amide bonds. The molecular formula is C6H9N3O. The largest absolute Gasteiger partial charge is 0.480 e. The van der Waals surface area contributed by atoms with Crippen LogP contribution in [0.15, 0.2) is 12.4 Å². The molecular weight excluding hydrogens is 130 g/mol. The molecule has 1 heterocycles. The fourth-order valence-corrected chi connectivity index (χ4v) is 0.665. The van der Waals surface area contributed by atoms with E-state index in [1.54, 1.807) is 19.5 Å². The zero-order valence-corrected chi connectivity index (χ0v) is 5.74. The van der Waals surface area contributed by atoms with Gasteiger partial charge in [-0.2, -0.15) is 0 Å². The molecule has 0 radical (unpaired) electrons. The van der Waals surface area contributed by atoms with Gasteiger partial charge in [0.25, 0.3) is 0 Å². The number of ether oxygens (including phenoxy) is 1. The van der Waals surface area contributed by atoms with Crippen LogP contribution in [0.2, 0.25) is 0 Å². The molecule has 0 unspecified atom stereocenters. The van der Waals surface area contributed by atoms with Crippen LogP contribution in [0.5, 0.6) is 5.88 Å². The highest BCUT2D eigenvalue weighted by molar-refractivity contribution is 5.16. The number of hydrogen-bond donors (Lipinski definition) is 1. The summed E-state index contributed by atoms with van der Waals surface area (Å²) in [6, 6.07) is 0. The number of hydrogen-bond acceptors (Lipinski definition) is 4. The van der Waals surface area contributed by atoms with Crippen LogP contribution >= 0.6 is 0 Å². The molecule has 0 aliphatic rings. The summed E-state index contributed by atoms with van der Waals surface area (Å²) in [6.45, 7) is 0.358. The standard InChI is InChI=1S/C6H9N3O/c1-10-6-5(4-7)8-2-3-9-6/h2-3H,4,7H2,1H3. The average Bonchev–Trinajstić information content (AvgIpc) is 2.04. The summed E-state index contributed by atoms with van der Waals surface area (Å²) in [7, 11) is 1.54. The monoisotopic (exact) mass is 139 g/mol. The predicted molar refractivity (Wildman–Crippen MR) is 36.5 cm³/mol. The lowest BCUT2D eigenvalue weighted by Gasteiger charge is -2.01. The van der Waals surface area contributed by atoms with Crippen LogP contribution in [0.3, 0.4) is 0 Å². The lowest BCUT2D eigenvalue weighted by molar-refractivity contribution is 0.389. The van der Waals surface area contributed by atoms with E-state index in [-0.39, 0.29) is 0 Å². The maximum absolute atomic E-state index is 5.34. The van der Waals surface area contributed by atoms with E-state index in [2.05, 4.69) is 9.97 Å². The van der Waals surface area contributed by atoms with Gasteiger partial charge in [0.05, 0.1) is 7.11 Å². The molecule has 0 bridgehead atoms. The van der Waals surface area contributed by atoms with E-state index in [0.29, 0.717) is 18.1 Å². The number of rotatable bonds is 2. The third kappa shape index (κ3) is 1.22. The summed E-state index contributed by atoms with van der Waals surface area (Å²) in [6.07, 6.45) is 3.16. The molecule has 0 aliphatic heterocycles. The Balaban J connectivity index is 2.96. The minimum absolute atomic E-state index is 0.358. The van der Waals surface area contributed by atoms with Gasteiger partial charge in [0.15, 0.2) is 0 Å². The molecule has 4 nitrogen and oxygen atoms in total. The summed E-state index contributed by atoms with van der Waals surface area (Å²) in [5, 5.41) is 0. The summed E-state index contributed by atoms with van der Waals surface area (Å²) in [5.41, 5.74) is 6.03. The van der Waals surface area contributed by atoms with E-state index in [0.717, 1.165) is 0 Å². The molecule has 0 aliphatic carbocycles. The Bertz CT molecular complexity index is 191. The Morgan fingerprint density at radius 1 is 1.50 bits per heavy atom. The normalized spacial score (nSPS) is 9.40. The molecule has 1 aromatic heterocycles. The third-order valence-electron chi connectivity index (χ3n) is 1.12. The second-order valence-electron chi connectivity index (χ2n) is 1.72. The zero-order valence-electron chi connectivity index (χ0n) is 5.74. The molecule has 0 saturated heterocycles. The molecule has 0 atom stereocenters. The van der Waals surface area contributed by atoms with Gasteiger partial charge in [0.1, 0.15) is 5.69 Å². The van der Waals surface area contributed by atoms with Crippen molar-refractivity contribution in [1.82, 2.24) is 9.97 Å². The first kappa shape index (κ1) is 6.95. The molecule has 10 heavy (non-hydrogen) atoms. The number of aromatic nitrogens is 2. The van der Waals surface area contributed by atoms with E-state index < -0.39 is 0 Å². The highest BCUT2D eigenvalue weighted by Gasteiger charge is 1.99. The van der Waals surface area contributed by atoms with Gasteiger partial charge in [0.2, 0.25) is 5.88 Å². The smallest absolute Gasteiger partial charge is 0.236 e. The van der Waals surface area contributed by atoms with E-state index in [4.69, 9.17) is 10.5 Å². The molecule has 0 spiro atoms. The van der Waals surface area contributed by atoms with Crippen LogP contribution in [0, 0.1) is 0 Å². The van der Waals surface area contributed by atoms with Crippen molar-refractivity contribution in [2.24, 2.45) is 5.73 Å². The van der Waals surface area contributed by atoms with Gasteiger partial charge >= 0.3 is 0 Å². The first-order valence-corrected chi connectivity index (χ1v) is 2.92. The number of nitrogens with zero attached hydrogens (tertiary/aromatic N) is 2. The second kappa shape index (κ2) is 3.12. The van der Waals surface area contributed by atoms with Gasteiger partial charge in [-0.15, -0.1) is 0 Å². The SMILES string of the molecule is COc1nccnc1CN. The number of nitrogens with two attached hydrogens (primary N) is 1. The Morgan fingerprint density at radius 2 is 2.20 bits per heavy atom. The quantitative estimate of drug-likeness (QED) is 0.623. The van der Waals surface area contributed by atoms with Crippen molar-refractivity contribution in [2.45, 2.75) is 6.54 Å². The molecule has 1 aromatic rings. The Labute approximate surface area is 59.1 Å². The molecule has 4 heteroatoms. The molecule has 0 fully saturated rings. The van der Waals surface area contributed by atoms with E-state index >= 15 is 0 Å². The molecule has 54 valence electrons. The summed E-state index contributed by atoms with van der Waals surface area (Å²) in [5.74, 6) is 0.505. The Kier molecular flexibility index (Phi) is 2.17. The fraction of sp³-hybridized carbons (Fsp3) is 0.333. The van der Waals surface area contributed by atoms with Gasteiger partial charge in [-0.3, -0.25) is 4.98 Å². The van der Waals surface area contributed by atoms with Crippen molar-refractivity contribution >= 4 is 0 Å². The lowest BCUT2D eigenvalue weighted by Crippen LogP contribution is -2.03. The summed E-state index contributed by atoms with van der Waals surface area (Å²) < 4.78 is 4.88. The lowest BCUT2D eigenvalue weighted by atomic mass is 10.4. The van der Waals surface area contributed by atoms with Crippen LogP contribution in [-0.2, 0) is 6.54 Å². The van der Waals surface area contributed by atoms with Crippen LogP contribution in [0.1, 0.15) is 5.69 Å². The van der Waals surface area contributed by atoms with Crippen LogP contribution in [0.25, 0.3) is 0 Å². The van der Waals surface area contributed by atoms with E-state index in [9.17, 15) is 0 Å². The van der Waals surface area contributed by atoms with E-state index in [1.807, 2.05) is 0 Å². The van der Waals surface area contributed by atoms with Crippen molar-refractivity contribution in [2.75, 3.05) is 7.11 Å². The Morgan fingerprint density at radius 3 is 2.70 bits per heavy atom. The minimum Gasteiger partial charge on any atom is -0.480 e. The van der Waals surface area contributed by atoms with E-state index in [1.165, 1.54) is 0 Å². The molecule has 2 N–H and O–H groups in total. The molecule has 0 saturated carbocycles. The topological polar surface area (TPSA) is 61.0 Å².